The lowest BCUT2D eigenvalue weighted by molar-refractivity contribution is -0.140. The minimum Gasteiger partial charge on any atom is -0.460 e. The molecule has 18 heavy (non-hydrogen) atoms. The summed E-state index contributed by atoms with van der Waals surface area (Å²) in [4.78, 5) is 13.6. The molecule has 3 N–H and O–H groups in total. The van der Waals surface area contributed by atoms with E-state index >= 15 is 0 Å². The molecule has 1 saturated heterocycles. The zero-order valence-electron chi connectivity index (χ0n) is 10.8. The smallest absolute Gasteiger partial charge is 0.335 e. The van der Waals surface area contributed by atoms with E-state index < -0.39 is 5.97 Å². The number of carbonyl (C=O) groups excluding carboxylic acids is 1. The van der Waals surface area contributed by atoms with Crippen LogP contribution in [0.25, 0.3) is 0 Å². The number of carbonyl (C=O) groups is 1. The topological polar surface area (TPSA) is 82.0 Å². The van der Waals surface area contributed by atoms with Gasteiger partial charge in [0.2, 0.25) is 0 Å². The highest BCUT2D eigenvalue weighted by molar-refractivity contribution is 5.87. The van der Waals surface area contributed by atoms with Gasteiger partial charge in [0.15, 0.2) is 0 Å². The molecular formula is C12H22N2O4. The van der Waals surface area contributed by atoms with Crippen LogP contribution in [0.3, 0.4) is 0 Å². The van der Waals surface area contributed by atoms with E-state index in [-0.39, 0.29) is 25.9 Å². The number of ether oxygens (including phenoxy) is 1. The highest BCUT2D eigenvalue weighted by atomic mass is 16.5. The fourth-order valence-corrected chi connectivity index (χ4v) is 1.92. The Hall–Kier alpha value is -1.11. The average molecular weight is 258 g/mol. The fourth-order valence-electron chi connectivity index (χ4n) is 1.92. The predicted molar refractivity (Wildman–Crippen MR) is 66.9 cm³/mol. The van der Waals surface area contributed by atoms with Crippen LogP contribution in [0.4, 0.5) is 0 Å². The molecule has 0 aromatic rings. The zero-order valence-corrected chi connectivity index (χ0v) is 10.8. The number of piperazine rings is 1. The maximum atomic E-state index is 11.5. The molecule has 6 nitrogen and oxygen atoms in total. The van der Waals surface area contributed by atoms with E-state index in [9.17, 15) is 4.79 Å². The van der Waals surface area contributed by atoms with E-state index in [1.165, 1.54) is 0 Å². The summed E-state index contributed by atoms with van der Waals surface area (Å²) in [6, 6.07) is 0.198. The van der Waals surface area contributed by atoms with Crippen molar-refractivity contribution in [2.75, 3.05) is 39.5 Å². The summed E-state index contributed by atoms with van der Waals surface area (Å²) >= 11 is 0. The molecule has 1 fully saturated rings. The molecule has 1 aliphatic heterocycles. The van der Waals surface area contributed by atoms with Gasteiger partial charge in [-0.3, -0.25) is 0 Å². The standard InChI is InChI=1S/C12H22N2O4/c1-10(12(17)18-7-6-16)9-14-4-3-13-8-11(14)2-5-15/h9,11,13,15-16H,2-8H2,1H3. The van der Waals surface area contributed by atoms with Crippen LogP contribution in [-0.4, -0.2) is 66.6 Å². The van der Waals surface area contributed by atoms with Crippen LogP contribution in [0.15, 0.2) is 11.8 Å². The molecule has 0 saturated carbocycles. The summed E-state index contributed by atoms with van der Waals surface area (Å²) in [5, 5.41) is 20.8. The third-order valence-electron chi connectivity index (χ3n) is 2.86. The van der Waals surface area contributed by atoms with Gasteiger partial charge >= 0.3 is 5.97 Å². The number of hydrogen-bond donors (Lipinski definition) is 3. The average Bonchev–Trinajstić information content (AvgIpc) is 2.38. The monoisotopic (exact) mass is 258 g/mol. The lowest BCUT2D eigenvalue weighted by Crippen LogP contribution is -2.49. The number of aliphatic hydroxyl groups is 2. The van der Waals surface area contributed by atoms with Gasteiger partial charge in [0.1, 0.15) is 6.61 Å². The predicted octanol–water partition coefficient (Wildman–Crippen LogP) is -0.918. The Balaban J connectivity index is 2.57. The maximum Gasteiger partial charge on any atom is 0.335 e. The van der Waals surface area contributed by atoms with E-state index in [0.29, 0.717) is 12.0 Å². The molecule has 0 aromatic heterocycles. The molecule has 1 atom stereocenters. The highest BCUT2D eigenvalue weighted by Gasteiger charge is 2.20. The quantitative estimate of drug-likeness (QED) is 0.422. The van der Waals surface area contributed by atoms with Crippen LogP contribution in [0.2, 0.25) is 0 Å². The van der Waals surface area contributed by atoms with Gasteiger partial charge < -0.3 is 25.2 Å². The second-order valence-electron chi connectivity index (χ2n) is 4.28. The van der Waals surface area contributed by atoms with Crippen molar-refractivity contribution in [3.05, 3.63) is 11.8 Å². The van der Waals surface area contributed by atoms with Crippen molar-refractivity contribution >= 4 is 5.97 Å². The Morgan fingerprint density at radius 2 is 2.28 bits per heavy atom. The molecular weight excluding hydrogens is 236 g/mol. The number of nitrogens with zero attached hydrogens (tertiary/aromatic N) is 1. The normalized spacial score (nSPS) is 20.9. The molecule has 1 aliphatic rings. The maximum absolute atomic E-state index is 11.5. The largest absolute Gasteiger partial charge is 0.460 e. The number of nitrogens with one attached hydrogen (secondary N) is 1. The van der Waals surface area contributed by atoms with Gasteiger partial charge in [-0.1, -0.05) is 0 Å². The summed E-state index contributed by atoms with van der Waals surface area (Å²) in [6.07, 6.45) is 2.45. The Kier molecular flexibility index (Phi) is 6.70. The van der Waals surface area contributed by atoms with Gasteiger partial charge in [-0.05, 0) is 13.3 Å². The van der Waals surface area contributed by atoms with Crippen LogP contribution in [-0.2, 0) is 9.53 Å². The molecule has 0 bridgehead atoms. The van der Waals surface area contributed by atoms with Crippen LogP contribution < -0.4 is 5.32 Å². The minimum atomic E-state index is -0.412. The van der Waals surface area contributed by atoms with Gasteiger partial charge in [0.25, 0.3) is 0 Å². The van der Waals surface area contributed by atoms with Gasteiger partial charge in [0, 0.05) is 44.1 Å². The molecule has 0 spiro atoms. The SMILES string of the molecule is CC(=CN1CCNCC1CCO)C(=O)OCCO. The van der Waals surface area contributed by atoms with Gasteiger partial charge in [-0.15, -0.1) is 0 Å². The summed E-state index contributed by atoms with van der Waals surface area (Å²) < 4.78 is 4.84. The van der Waals surface area contributed by atoms with Crippen molar-refractivity contribution in [3.63, 3.8) is 0 Å². The number of hydrogen-bond acceptors (Lipinski definition) is 6. The summed E-state index contributed by atoms with van der Waals surface area (Å²) in [7, 11) is 0. The van der Waals surface area contributed by atoms with E-state index in [1.54, 1.807) is 13.1 Å². The third kappa shape index (κ3) is 4.64. The molecule has 1 rings (SSSR count). The fraction of sp³-hybridized carbons (Fsp3) is 0.750. The summed E-state index contributed by atoms with van der Waals surface area (Å²) in [5.41, 5.74) is 0.508. The summed E-state index contributed by atoms with van der Waals surface area (Å²) in [6.45, 7) is 4.14. The van der Waals surface area contributed by atoms with Crippen molar-refractivity contribution in [1.82, 2.24) is 10.2 Å². The first-order valence-corrected chi connectivity index (χ1v) is 6.22. The second-order valence-corrected chi connectivity index (χ2v) is 4.28. The van der Waals surface area contributed by atoms with E-state index in [1.807, 2.05) is 0 Å². The second kappa shape index (κ2) is 8.07. The highest BCUT2D eigenvalue weighted by Crippen LogP contribution is 2.10. The van der Waals surface area contributed by atoms with Crippen molar-refractivity contribution in [2.45, 2.75) is 19.4 Å². The summed E-state index contributed by atoms with van der Waals surface area (Å²) in [5.74, 6) is -0.412. The first kappa shape index (κ1) is 14.9. The van der Waals surface area contributed by atoms with Crippen LogP contribution in [0.1, 0.15) is 13.3 Å². The van der Waals surface area contributed by atoms with Crippen molar-refractivity contribution in [2.24, 2.45) is 0 Å². The Morgan fingerprint density at radius 3 is 2.94 bits per heavy atom. The molecule has 0 aromatic carbocycles. The first-order valence-electron chi connectivity index (χ1n) is 6.22. The van der Waals surface area contributed by atoms with Crippen molar-refractivity contribution in [1.29, 1.82) is 0 Å². The van der Waals surface area contributed by atoms with Crippen molar-refractivity contribution < 1.29 is 19.7 Å². The molecule has 0 aliphatic carbocycles. The van der Waals surface area contributed by atoms with E-state index in [4.69, 9.17) is 14.9 Å². The minimum absolute atomic E-state index is 0.0195. The van der Waals surface area contributed by atoms with Crippen LogP contribution in [0, 0.1) is 0 Å². The molecule has 104 valence electrons. The van der Waals surface area contributed by atoms with E-state index in [2.05, 4.69) is 10.2 Å². The molecule has 0 amide bonds. The van der Waals surface area contributed by atoms with Gasteiger partial charge in [-0.25, -0.2) is 4.79 Å². The van der Waals surface area contributed by atoms with Gasteiger partial charge in [-0.2, -0.15) is 0 Å². The number of esters is 1. The zero-order chi connectivity index (χ0) is 13.4. The molecule has 6 heteroatoms. The molecule has 1 heterocycles. The Labute approximate surface area is 107 Å². The number of rotatable bonds is 6. The Bertz CT molecular complexity index is 292. The van der Waals surface area contributed by atoms with Crippen LogP contribution in [0.5, 0.6) is 0 Å². The Morgan fingerprint density at radius 1 is 1.50 bits per heavy atom. The molecule has 1 unspecified atom stereocenters. The van der Waals surface area contributed by atoms with Crippen molar-refractivity contribution in [3.8, 4) is 0 Å². The number of aliphatic hydroxyl groups excluding tert-OH is 2. The lowest BCUT2D eigenvalue weighted by atomic mass is 10.1. The van der Waals surface area contributed by atoms with E-state index in [0.717, 1.165) is 19.6 Å². The third-order valence-corrected chi connectivity index (χ3v) is 2.86. The lowest BCUT2D eigenvalue weighted by Gasteiger charge is -2.35. The molecule has 0 radical (unpaired) electrons. The van der Waals surface area contributed by atoms with Crippen LogP contribution >= 0.6 is 0 Å². The first-order chi connectivity index (χ1) is 8.69. The van der Waals surface area contributed by atoms with Gasteiger partial charge in [0.05, 0.1) is 6.61 Å².